The van der Waals surface area contributed by atoms with E-state index in [9.17, 15) is 4.79 Å². The van der Waals surface area contributed by atoms with Gasteiger partial charge in [0.1, 0.15) is 0 Å². The molecule has 4 rings (SSSR count). The molecule has 0 N–H and O–H groups in total. The van der Waals surface area contributed by atoms with Crippen molar-refractivity contribution < 1.29 is 14.3 Å². The van der Waals surface area contributed by atoms with Crippen LogP contribution in [0.15, 0.2) is 0 Å². The molecule has 3 nitrogen and oxygen atoms in total. The largest absolute Gasteiger partial charge is 0.436 e. The summed E-state index contributed by atoms with van der Waals surface area (Å²) in [4.78, 5) is 12.1. The molecule has 0 aromatic carbocycles. The maximum atomic E-state index is 12.1. The molecule has 0 aliphatic heterocycles. The van der Waals surface area contributed by atoms with Crippen LogP contribution in [0.1, 0.15) is 72.6 Å². The van der Waals surface area contributed by atoms with Gasteiger partial charge in [-0.15, -0.1) is 0 Å². The molecule has 0 radical (unpaired) electrons. The highest BCUT2D eigenvalue weighted by Gasteiger charge is 2.47. The minimum atomic E-state index is -0.426. The summed E-state index contributed by atoms with van der Waals surface area (Å²) in [6.07, 6.45) is 8.88. The SMILES string of the molecule is CCC(C)(C)C(=O)OC(C)OCCC1C2CC3CC(C2)CC1C3. The van der Waals surface area contributed by atoms with E-state index in [-0.39, 0.29) is 5.97 Å². The lowest BCUT2D eigenvalue weighted by molar-refractivity contribution is -0.186. The molecule has 4 aliphatic rings. The number of hydrogen-bond donors (Lipinski definition) is 0. The van der Waals surface area contributed by atoms with Crippen LogP contribution < -0.4 is 0 Å². The number of rotatable bonds is 7. The number of esters is 1. The van der Waals surface area contributed by atoms with Crippen LogP contribution in [0, 0.1) is 35.0 Å². The fraction of sp³-hybridized carbons (Fsp3) is 0.950. The Labute approximate surface area is 141 Å². The van der Waals surface area contributed by atoms with Gasteiger partial charge >= 0.3 is 5.97 Å². The van der Waals surface area contributed by atoms with Crippen molar-refractivity contribution >= 4 is 5.97 Å². The van der Waals surface area contributed by atoms with Crippen molar-refractivity contribution in [2.24, 2.45) is 35.0 Å². The average Bonchev–Trinajstić information content (AvgIpc) is 2.49. The van der Waals surface area contributed by atoms with Crippen LogP contribution in [0.2, 0.25) is 0 Å². The highest BCUT2D eigenvalue weighted by molar-refractivity contribution is 5.75. The molecule has 0 amide bonds. The van der Waals surface area contributed by atoms with Gasteiger partial charge in [-0.3, -0.25) is 4.79 Å². The van der Waals surface area contributed by atoms with Crippen molar-refractivity contribution in [3.8, 4) is 0 Å². The quantitative estimate of drug-likeness (QED) is 0.499. The van der Waals surface area contributed by atoms with E-state index in [4.69, 9.17) is 9.47 Å². The van der Waals surface area contributed by atoms with E-state index in [0.717, 1.165) is 49.0 Å². The molecule has 0 heterocycles. The fourth-order valence-corrected chi connectivity index (χ4v) is 5.37. The summed E-state index contributed by atoms with van der Waals surface area (Å²) in [5.74, 6) is 4.68. The molecular formula is C20H34O3. The lowest BCUT2D eigenvalue weighted by Crippen LogP contribution is -2.45. The second kappa shape index (κ2) is 6.74. The Kier molecular flexibility index (Phi) is 5.06. The van der Waals surface area contributed by atoms with Gasteiger partial charge in [-0.1, -0.05) is 6.92 Å². The highest BCUT2D eigenvalue weighted by Crippen LogP contribution is 2.57. The monoisotopic (exact) mass is 322 g/mol. The zero-order valence-corrected chi connectivity index (χ0v) is 15.3. The van der Waals surface area contributed by atoms with Crippen molar-refractivity contribution in [3.63, 3.8) is 0 Å². The second-order valence-corrected chi connectivity index (χ2v) is 8.96. The first-order chi connectivity index (χ1) is 10.9. The van der Waals surface area contributed by atoms with Gasteiger partial charge in [-0.2, -0.15) is 0 Å². The summed E-state index contributed by atoms with van der Waals surface area (Å²) in [5, 5.41) is 0. The standard InChI is InChI=1S/C20H34O3/c1-5-20(3,4)19(21)23-13(2)22-7-6-18-16-9-14-8-15(11-16)12-17(18)10-14/h13-18H,5-12H2,1-4H3. The van der Waals surface area contributed by atoms with Gasteiger partial charge in [0.05, 0.1) is 12.0 Å². The first-order valence-electron chi connectivity index (χ1n) is 9.71. The Bertz CT molecular complexity index is 401. The van der Waals surface area contributed by atoms with E-state index in [2.05, 4.69) is 0 Å². The Morgan fingerprint density at radius 3 is 2.17 bits per heavy atom. The van der Waals surface area contributed by atoms with Crippen LogP contribution >= 0.6 is 0 Å². The molecule has 0 spiro atoms. The molecule has 0 aromatic rings. The van der Waals surface area contributed by atoms with Gasteiger partial charge in [0.15, 0.2) is 6.29 Å². The third-order valence-electron chi connectivity index (χ3n) is 6.94. The van der Waals surface area contributed by atoms with E-state index in [1.54, 1.807) is 0 Å². The van der Waals surface area contributed by atoms with Crippen molar-refractivity contribution in [2.45, 2.75) is 78.9 Å². The fourth-order valence-electron chi connectivity index (χ4n) is 5.37. The molecule has 0 saturated heterocycles. The van der Waals surface area contributed by atoms with Crippen LogP contribution in [0.25, 0.3) is 0 Å². The number of carbonyl (C=O) groups is 1. The Hall–Kier alpha value is -0.570. The lowest BCUT2D eigenvalue weighted by Gasteiger charge is -2.54. The molecule has 4 saturated carbocycles. The predicted molar refractivity (Wildman–Crippen MR) is 90.7 cm³/mol. The van der Waals surface area contributed by atoms with Crippen molar-refractivity contribution in [1.82, 2.24) is 0 Å². The second-order valence-electron chi connectivity index (χ2n) is 8.96. The number of carbonyl (C=O) groups excluding carboxylic acids is 1. The molecule has 0 aromatic heterocycles. The van der Waals surface area contributed by atoms with Crippen molar-refractivity contribution in [2.75, 3.05) is 6.61 Å². The summed E-state index contributed by atoms with van der Waals surface area (Å²) in [6.45, 7) is 8.45. The molecule has 4 bridgehead atoms. The summed E-state index contributed by atoms with van der Waals surface area (Å²) in [7, 11) is 0. The summed E-state index contributed by atoms with van der Waals surface area (Å²) in [5.41, 5.74) is -0.418. The van der Waals surface area contributed by atoms with Gasteiger partial charge in [-0.25, -0.2) is 0 Å². The topological polar surface area (TPSA) is 35.5 Å². The predicted octanol–water partition coefficient (Wildman–Crippen LogP) is 4.79. The van der Waals surface area contributed by atoms with Gasteiger partial charge in [0.2, 0.25) is 0 Å². The van der Waals surface area contributed by atoms with Crippen molar-refractivity contribution in [3.05, 3.63) is 0 Å². The van der Waals surface area contributed by atoms with E-state index in [1.165, 1.54) is 32.1 Å². The van der Waals surface area contributed by atoms with Crippen LogP contribution in [0.5, 0.6) is 0 Å². The highest BCUT2D eigenvalue weighted by atomic mass is 16.7. The van der Waals surface area contributed by atoms with Gasteiger partial charge in [0.25, 0.3) is 0 Å². The van der Waals surface area contributed by atoms with Crippen LogP contribution in [-0.4, -0.2) is 18.9 Å². The van der Waals surface area contributed by atoms with Gasteiger partial charge < -0.3 is 9.47 Å². The van der Waals surface area contributed by atoms with E-state index in [0.29, 0.717) is 0 Å². The molecule has 23 heavy (non-hydrogen) atoms. The third kappa shape index (κ3) is 3.75. The maximum Gasteiger partial charge on any atom is 0.313 e. The third-order valence-corrected chi connectivity index (χ3v) is 6.94. The van der Waals surface area contributed by atoms with E-state index < -0.39 is 11.7 Å². The van der Waals surface area contributed by atoms with Crippen molar-refractivity contribution in [1.29, 1.82) is 0 Å². The summed E-state index contributed by atoms with van der Waals surface area (Å²) < 4.78 is 11.3. The maximum absolute atomic E-state index is 12.1. The molecule has 4 aliphatic carbocycles. The smallest absolute Gasteiger partial charge is 0.313 e. The average molecular weight is 322 g/mol. The minimum Gasteiger partial charge on any atom is -0.436 e. The zero-order valence-electron chi connectivity index (χ0n) is 15.3. The van der Waals surface area contributed by atoms with E-state index >= 15 is 0 Å². The van der Waals surface area contributed by atoms with E-state index in [1.807, 2.05) is 27.7 Å². The number of ether oxygens (including phenoxy) is 2. The Morgan fingerprint density at radius 1 is 1.09 bits per heavy atom. The molecule has 3 heteroatoms. The number of hydrogen-bond acceptors (Lipinski definition) is 3. The minimum absolute atomic E-state index is 0.151. The molecule has 1 atom stereocenters. The van der Waals surface area contributed by atoms with Gasteiger partial charge in [0, 0.05) is 0 Å². The molecule has 4 fully saturated rings. The van der Waals surface area contributed by atoms with Crippen LogP contribution in [0.4, 0.5) is 0 Å². The summed E-state index contributed by atoms with van der Waals surface area (Å²) >= 11 is 0. The Balaban J connectivity index is 1.40. The van der Waals surface area contributed by atoms with Crippen LogP contribution in [0.3, 0.4) is 0 Å². The normalized spacial score (nSPS) is 37.0. The molecule has 1 unspecified atom stereocenters. The van der Waals surface area contributed by atoms with Gasteiger partial charge in [-0.05, 0) is 95.3 Å². The Morgan fingerprint density at radius 2 is 1.65 bits per heavy atom. The first kappa shape index (κ1) is 17.3. The summed E-state index contributed by atoms with van der Waals surface area (Å²) in [6, 6.07) is 0. The first-order valence-corrected chi connectivity index (χ1v) is 9.71. The molecule has 132 valence electrons. The molecular weight excluding hydrogens is 288 g/mol. The lowest BCUT2D eigenvalue weighted by atomic mass is 9.51. The zero-order chi connectivity index (χ0) is 16.6. The van der Waals surface area contributed by atoms with Crippen LogP contribution in [-0.2, 0) is 14.3 Å².